The normalized spacial score (nSPS) is 23.1. The summed E-state index contributed by atoms with van der Waals surface area (Å²) in [6.07, 6.45) is 0.393. The van der Waals surface area contributed by atoms with Gasteiger partial charge in [0, 0.05) is 30.9 Å². The van der Waals surface area contributed by atoms with Gasteiger partial charge < -0.3 is 10.0 Å². The lowest BCUT2D eigenvalue weighted by molar-refractivity contribution is -0.146. The molecule has 15 heavy (non-hydrogen) atoms. The predicted molar refractivity (Wildman–Crippen MR) is 56.2 cm³/mol. The summed E-state index contributed by atoms with van der Waals surface area (Å²) >= 11 is 0. The van der Waals surface area contributed by atoms with E-state index >= 15 is 0 Å². The number of hydrogen-bond donors (Lipinski definition) is 1. The Morgan fingerprint density at radius 2 is 2.13 bits per heavy atom. The number of rotatable bonds is 1. The third kappa shape index (κ3) is 3.02. The van der Waals surface area contributed by atoms with Crippen LogP contribution >= 0.6 is 0 Å². The molecular formula is C11H19NO3. The standard InChI is InChI=1S/C11H19NO3/c1-11(2,3)10(15)12-5-8(7-13)4-9(14)6-12/h8,13H,4-7H2,1-3H3/t8-/m0/s1. The van der Waals surface area contributed by atoms with Gasteiger partial charge in [0.15, 0.2) is 5.78 Å². The molecule has 1 saturated heterocycles. The Bertz CT molecular complexity index is 267. The summed E-state index contributed by atoms with van der Waals surface area (Å²) in [5, 5.41) is 9.02. The summed E-state index contributed by atoms with van der Waals surface area (Å²) in [6, 6.07) is 0. The second-order valence-corrected chi connectivity index (χ2v) is 5.23. The molecule has 1 rings (SSSR count). The van der Waals surface area contributed by atoms with Crippen molar-refractivity contribution < 1.29 is 14.7 Å². The van der Waals surface area contributed by atoms with E-state index in [2.05, 4.69) is 0 Å². The van der Waals surface area contributed by atoms with Crippen molar-refractivity contribution in [2.75, 3.05) is 19.7 Å². The zero-order valence-corrected chi connectivity index (χ0v) is 9.62. The third-order valence-corrected chi connectivity index (χ3v) is 2.55. The number of nitrogens with zero attached hydrogens (tertiary/aromatic N) is 1. The Labute approximate surface area is 90.3 Å². The van der Waals surface area contributed by atoms with Crippen molar-refractivity contribution in [2.45, 2.75) is 27.2 Å². The summed E-state index contributed by atoms with van der Waals surface area (Å²) < 4.78 is 0. The van der Waals surface area contributed by atoms with Gasteiger partial charge in [0.1, 0.15) is 0 Å². The van der Waals surface area contributed by atoms with Crippen LogP contribution in [0, 0.1) is 11.3 Å². The lowest BCUT2D eigenvalue weighted by Gasteiger charge is -2.35. The molecule has 1 fully saturated rings. The summed E-state index contributed by atoms with van der Waals surface area (Å²) in [5.41, 5.74) is -0.461. The maximum Gasteiger partial charge on any atom is 0.228 e. The smallest absolute Gasteiger partial charge is 0.228 e. The zero-order valence-electron chi connectivity index (χ0n) is 9.62. The fourth-order valence-electron chi connectivity index (χ4n) is 1.79. The number of carbonyl (C=O) groups is 2. The van der Waals surface area contributed by atoms with E-state index in [1.54, 1.807) is 4.90 Å². The van der Waals surface area contributed by atoms with Crippen LogP contribution in [0.4, 0.5) is 0 Å². The van der Waals surface area contributed by atoms with E-state index in [1.807, 2.05) is 20.8 Å². The minimum Gasteiger partial charge on any atom is -0.396 e. The van der Waals surface area contributed by atoms with Gasteiger partial charge in [-0.25, -0.2) is 0 Å². The van der Waals surface area contributed by atoms with Crippen molar-refractivity contribution in [3.63, 3.8) is 0 Å². The lowest BCUT2D eigenvalue weighted by Crippen LogP contribution is -2.49. The molecule has 0 aromatic carbocycles. The van der Waals surface area contributed by atoms with E-state index in [-0.39, 0.29) is 30.8 Å². The minimum atomic E-state index is -0.461. The Morgan fingerprint density at radius 1 is 1.53 bits per heavy atom. The number of hydrogen-bond acceptors (Lipinski definition) is 3. The molecule has 1 heterocycles. The molecule has 1 aliphatic heterocycles. The topological polar surface area (TPSA) is 57.6 Å². The molecule has 0 unspecified atom stereocenters. The number of aliphatic hydroxyl groups is 1. The fourth-order valence-corrected chi connectivity index (χ4v) is 1.79. The molecule has 0 radical (unpaired) electrons. The largest absolute Gasteiger partial charge is 0.396 e. The van der Waals surface area contributed by atoms with E-state index in [9.17, 15) is 9.59 Å². The van der Waals surface area contributed by atoms with Crippen molar-refractivity contribution in [2.24, 2.45) is 11.3 Å². The average molecular weight is 213 g/mol. The first-order valence-electron chi connectivity index (χ1n) is 5.26. The number of piperidine rings is 1. The molecule has 1 N–H and O–H groups in total. The van der Waals surface area contributed by atoms with Gasteiger partial charge in [-0.05, 0) is 0 Å². The van der Waals surface area contributed by atoms with Crippen LogP contribution in [0.2, 0.25) is 0 Å². The van der Waals surface area contributed by atoms with Gasteiger partial charge in [0.25, 0.3) is 0 Å². The highest BCUT2D eigenvalue weighted by molar-refractivity contribution is 5.89. The Kier molecular flexibility index (Phi) is 3.50. The first kappa shape index (κ1) is 12.2. The first-order chi connectivity index (χ1) is 6.84. The SMILES string of the molecule is CC(C)(C)C(=O)N1CC(=O)C[C@H](CO)C1. The second-order valence-electron chi connectivity index (χ2n) is 5.23. The number of ketones is 1. The molecule has 4 heteroatoms. The molecule has 0 aliphatic carbocycles. The van der Waals surface area contributed by atoms with Gasteiger partial charge in [-0.15, -0.1) is 0 Å². The number of amides is 1. The van der Waals surface area contributed by atoms with Crippen LogP contribution in [-0.2, 0) is 9.59 Å². The zero-order chi connectivity index (χ0) is 11.6. The molecule has 0 bridgehead atoms. The molecule has 1 amide bonds. The summed E-state index contributed by atoms with van der Waals surface area (Å²) in [7, 11) is 0. The molecule has 0 aromatic rings. The highest BCUT2D eigenvalue weighted by Crippen LogP contribution is 2.21. The Balaban J connectivity index is 2.70. The maximum atomic E-state index is 11.9. The van der Waals surface area contributed by atoms with Gasteiger partial charge in [0.05, 0.1) is 6.54 Å². The minimum absolute atomic E-state index is 0.0194. The molecule has 0 saturated carbocycles. The first-order valence-corrected chi connectivity index (χ1v) is 5.26. The molecule has 4 nitrogen and oxygen atoms in total. The van der Waals surface area contributed by atoms with E-state index in [0.717, 1.165) is 0 Å². The number of likely N-dealkylation sites (tertiary alicyclic amines) is 1. The quantitative estimate of drug-likeness (QED) is 0.687. The van der Waals surface area contributed by atoms with Crippen LogP contribution in [0.15, 0.2) is 0 Å². The average Bonchev–Trinajstić information content (AvgIpc) is 2.14. The summed E-state index contributed by atoms with van der Waals surface area (Å²) in [6.45, 7) is 6.18. The van der Waals surface area contributed by atoms with Crippen LogP contribution < -0.4 is 0 Å². The van der Waals surface area contributed by atoms with Crippen molar-refractivity contribution in [3.05, 3.63) is 0 Å². The van der Waals surface area contributed by atoms with Crippen molar-refractivity contribution in [1.82, 2.24) is 4.90 Å². The van der Waals surface area contributed by atoms with Gasteiger partial charge in [-0.3, -0.25) is 9.59 Å². The number of aliphatic hydroxyl groups excluding tert-OH is 1. The van der Waals surface area contributed by atoms with Gasteiger partial charge in [0.2, 0.25) is 5.91 Å². The molecule has 0 spiro atoms. The number of Topliss-reactive ketones (excluding diaryl/α,β-unsaturated/α-hetero) is 1. The Morgan fingerprint density at radius 3 is 2.60 bits per heavy atom. The monoisotopic (exact) mass is 213 g/mol. The molecule has 86 valence electrons. The van der Waals surface area contributed by atoms with E-state index in [0.29, 0.717) is 13.0 Å². The van der Waals surface area contributed by atoms with Gasteiger partial charge >= 0.3 is 0 Å². The van der Waals surface area contributed by atoms with E-state index in [4.69, 9.17) is 5.11 Å². The van der Waals surface area contributed by atoms with Crippen LogP contribution in [0.25, 0.3) is 0 Å². The van der Waals surface area contributed by atoms with Crippen LogP contribution in [0.1, 0.15) is 27.2 Å². The van der Waals surface area contributed by atoms with Crippen molar-refractivity contribution in [3.8, 4) is 0 Å². The Hall–Kier alpha value is -0.900. The number of carbonyl (C=O) groups excluding carboxylic acids is 2. The van der Waals surface area contributed by atoms with E-state index < -0.39 is 5.41 Å². The fraction of sp³-hybridized carbons (Fsp3) is 0.818. The van der Waals surface area contributed by atoms with Crippen molar-refractivity contribution >= 4 is 11.7 Å². The van der Waals surface area contributed by atoms with Gasteiger partial charge in [-0.1, -0.05) is 20.8 Å². The summed E-state index contributed by atoms with van der Waals surface area (Å²) in [4.78, 5) is 24.9. The molecule has 1 aliphatic rings. The van der Waals surface area contributed by atoms with Crippen LogP contribution in [-0.4, -0.2) is 41.4 Å². The van der Waals surface area contributed by atoms with Crippen LogP contribution in [0.5, 0.6) is 0 Å². The molecule has 1 atom stereocenters. The maximum absolute atomic E-state index is 11.9. The highest BCUT2D eigenvalue weighted by atomic mass is 16.3. The molecule has 0 aromatic heterocycles. The molecular weight excluding hydrogens is 194 g/mol. The van der Waals surface area contributed by atoms with Crippen molar-refractivity contribution in [1.29, 1.82) is 0 Å². The lowest BCUT2D eigenvalue weighted by atomic mass is 9.91. The summed E-state index contributed by atoms with van der Waals surface area (Å²) in [5.74, 6) is -0.0653. The van der Waals surface area contributed by atoms with Gasteiger partial charge in [-0.2, -0.15) is 0 Å². The van der Waals surface area contributed by atoms with Crippen LogP contribution in [0.3, 0.4) is 0 Å². The second kappa shape index (κ2) is 4.31. The predicted octanol–water partition coefficient (Wildman–Crippen LogP) is 0.442. The van der Waals surface area contributed by atoms with E-state index in [1.165, 1.54) is 0 Å². The third-order valence-electron chi connectivity index (χ3n) is 2.55. The highest BCUT2D eigenvalue weighted by Gasteiger charge is 2.33.